The van der Waals surface area contributed by atoms with Crippen molar-refractivity contribution in [2.45, 2.75) is 37.7 Å². The molecule has 0 aliphatic carbocycles. The van der Waals surface area contributed by atoms with Crippen LogP contribution in [0.2, 0.25) is 0 Å². The van der Waals surface area contributed by atoms with Gasteiger partial charge in [-0.2, -0.15) is 5.10 Å². The average Bonchev–Trinajstić information content (AvgIpc) is 3.28. The summed E-state index contributed by atoms with van der Waals surface area (Å²) in [6.45, 7) is 1.89. The Balaban J connectivity index is 1.41. The molecule has 144 valence electrons. The van der Waals surface area contributed by atoms with Gasteiger partial charge in [0.15, 0.2) is 0 Å². The zero-order valence-electron chi connectivity index (χ0n) is 15.3. The standard InChI is InChI=1S/C19H23N3O4S/c1-21-13(4-8-20-21)2-3-17(23)22-9-6-19(7-10-22)14-12-16(18(24)25)27-15(14)5-11-26-19/h4,8,12H,2-3,5-7,9-11H2,1H3,(H,24,25). The summed E-state index contributed by atoms with van der Waals surface area (Å²) in [5.74, 6) is -0.731. The van der Waals surface area contributed by atoms with Gasteiger partial charge >= 0.3 is 5.97 Å². The Morgan fingerprint density at radius 2 is 2.15 bits per heavy atom. The second kappa shape index (κ2) is 7.09. The van der Waals surface area contributed by atoms with Crippen LogP contribution in [0.3, 0.4) is 0 Å². The summed E-state index contributed by atoms with van der Waals surface area (Å²) in [5, 5.41) is 13.4. The van der Waals surface area contributed by atoms with Gasteiger partial charge in [0.05, 0.1) is 12.2 Å². The lowest BCUT2D eigenvalue weighted by Crippen LogP contribution is -2.48. The molecule has 2 aromatic rings. The molecular formula is C19H23N3O4S. The van der Waals surface area contributed by atoms with E-state index in [1.54, 1.807) is 16.9 Å². The maximum absolute atomic E-state index is 12.6. The van der Waals surface area contributed by atoms with Gasteiger partial charge < -0.3 is 14.7 Å². The Morgan fingerprint density at radius 1 is 1.37 bits per heavy atom. The Labute approximate surface area is 161 Å². The second-order valence-corrected chi connectivity index (χ2v) is 8.31. The molecule has 2 aliphatic rings. The Bertz CT molecular complexity index is 864. The number of hydrogen-bond acceptors (Lipinski definition) is 5. The van der Waals surface area contributed by atoms with Crippen LogP contribution in [0.5, 0.6) is 0 Å². The van der Waals surface area contributed by atoms with Crippen LogP contribution in [0.25, 0.3) is 0 Å². The normalized spacial score (nSPS) is 18.5. The third-order valence-corrected chi connectivity index (χ3v) is 6.84. The number of hydrogen-bond donors (Lipinski definition) is 1. The molecule has 1 N–H and O–H groups in total. The number of piperidine rings is 1. The van der Waals surface area contributed by atoms with E-state index in [9.17, 15) is 14.7 Å². The van der Waals surface area contributed by atoms with Crippen molar-refractivity contribution in [3.63, 3.8) is 0 Å². The molecular weight excluding hydrogens is 366 g/mol. The molecule has 0 bridgehead atoms. The molecule has 0 unspecified atom stereocenters. The van der Waals surface area contributed by atoms with Crippen molar-refractivity contribution in [1.29, 1.82) is 0 Å². The van der Waals surface area contributed by atoms with Crippen LogP contribution in [0.4, 0.5) is 0 Å². The minimum absolute atomic E-state index is 0.152. The number of aromatic carboxylic acids is 1. The number of rotatable bonds is 4. The van der Waals surface area contributed by atoms with Gasteiger partial charge in [0.2, 0.25) is 5.91 Å². The van der Waals surface area contributed by atoms with Crippen molar-refractivity contribution < 1.29 is 19.4 Å². The first-order valence-corrected chi connectivity index (χ1v) is 10.1. The van der Waals surface area contributed by atoms with Crippen LogP contribution in [0.1, 0.15) is 45.1 Å². The Hall–Kier alpha value is -2.19. The predicted octanol–water partition coefficient (Wildman–Crippen LogP) is 2.20. The van der Waals surface area contributed by atoms with Crippen LogP contribution in [0.15, 0.2) is 18.3 Å². The minimum atomic E-state index is -0.882. The molecule has 4 heterocycles. The molecule has 1 saturated heterocycles. The maximum atomic E-state index is 12.6. The number of thiophene rings is 1. The molecule has 0 saturated carbocycles. The fourth-order valence-corrected chi connectivity index (χ4v) is 5.16. The molecule has 1 spiro atoms. The number of nitrogens with zero attached hydrogens (tertiary/aromatic N) is 3. The van der Waals surface area contributed by atoms with Gasteiger partial charge in [-0.05, 0) is 37.0 Å². The predicted molar refractivity (Wildman–Crippen MR) is 100.0 cm³/mol. The molecule has 1 fully saturated rings. The summed E-state index contributed by atoms with van der Waals surface area (Å²) in [6.07, 6.45) is 5.10. The van der Waals surface area contributed by atoms with Crippen molar-refractivity contribution >= 4 is 23.2 Å². The van der Waals surface area contributed by atoms with Crippen molar-refractivity contribution in [2.75, 3.05) is 19.7 Å². The van der Waals surface area contributed by atoms with Gasteiger partial charge in [-0.1, -0.05) is 0 Å². The van der Waals surface area contributed by atoms with Gasteiger partial charge in [0.25, 0.3) is 0 Å². The van der Waals surface area contributed by atoms with E-state index in [1.807, 2.05) is 18.0 Å². The molecule has 0 aromatic carbocycles. The number of ether oxygens (including phenoxy) is 1. The van der Waals surface area contributed by atoms with Gasteiger partial charge in [0.1, 0.15) is 4.88 Å². The molecule has 1 amide bonds. The van der Waals surface area contributed by atoms with Crippen LogP contribution in [0, 0.1) is 0 Å². The van der Waals surface area contributed by atoms with Gasteiger partial charge in [-0.25, -0.2) is 4.79 Å². The van der Waals surface area contributed by atoms with Crippen molar-refractivity contribution in [3.8, 4) is 0 Å². The summed E-state index contributed by atoms with van der Waals surface area (Å²) in [7, 11) is 1.88. The highest BCUT2D eigenvalue weighted by atomic mass is 32.1. The molecule has 8 heteroatoms. The van der Waals surface area contributed by atoms with E-state index in [0.717, 1.165) is 22.6 Å². The van der Waals surface area contributed by atoms with Crippen molar-refractivity contribution in [3.05, 3.63) is 39.3 Å². The lowest BCUT2D eigenvalue weighted by atomic mass is 9.82. The number of carboxylic acid groups (broad SMARTS) is 1. The lowest BCUT2D eigenvalue weighted by Gasteiger charge is -2.44. The summed E-state index contributed by atoms with van der Waals surface area (Å²) in [4.78, 5) is 27.3. The zero-order chi connectivity index (χ0) is 19.0. The van der Waals surface area contributed by atoms with E-state index in [4.69, 9.17) is 4.74 Å². The summed E-state index contributed by atoms with van der Waals surface area (Å²) in [5.41, 5.74) is 1.64. The van der Waals surface area contributed by atoms with E-state index < -0.39 is 11.6 Å². The monoisotopic (exact) mass is 389 g/mol. The number of carboxylic acids is 1. The zero-order valence-corrected chi connectivity index (χ0v) is 16.1. The first kappa shape index (κ1) is 18.2. The highest BCUT2D eigenvalue weighted by Crippen LogP contribution is 2.44. The largest absolute Gasteiger partial charge is 0.477 e. The van der Waals surface area contributed by atoms with Gasteiger partial charge in [-0.3, -0.25) is 9.48 Å². The first-order chi connectivity index (χ1) is 13.0. The van der Waals surface area contributed by atoms with Crippen molar-refractivity contribution in [2.24, 2.45) is 7.05 Å². The quantitative estimate of drug-likeness (QED) is 0.867. The average molecular weight is 389 g/mol. The minimum Gasteiger partial charge on any atom is -0.477 e. The molecule has 27 heavy (non-hydrogen) atoms. The number of carbonyl (C=O) groups excluding carboxylic acids is 1. The van der Waals surface area contributed by atoms with Crippen molar-refractivity contribution in [1.82, 2.24) is 14.7 Å². The number of likely N-dealkylation sites (tertiary alicyclic amines) is 1. The SMILES string of the molecule is Cn1nccc1CCC(=O)N1CCC2(CC1)OCCc1sc(C(=O)O)cc12. The topological polar surface area (TPSA) is 84.7 Å². The summed E-state index contributed by atoms with van der Waals surface area (Å²) >= 11 is 1.36. The highest BCUT2D eigenvalue weighted by molar-refractivity contribution is 7.14. The van der Waals surface area contributed by atoms with E-state index in [0.29, 0.717) is 50.3 Å². The van der Waals surface area contributed by atoms with E-state index in [2.05, 4.69) is 5.10 Å². The lowest BCUT2D eigenvalue weighted by molar-refractivity contribution is -0.140. The molecule has 7 nitrogen and oxygen atoms in total. The Morgan fingerprint density at radius 3 is 2.81 bits per heavy atom. The number of fused-ring (bicyclic) bond motifs is 2. The van der Waals surface area contributed by atoms with E-state index in [1.165, 1.54) is 11.3 Å². The fraction of sp³-hybridized carbons (Fsp3) is 0.526. The van der Waals surface area contributed by atoms with Crippen LogP contribution in [-0.2, 0) is 35.0 Å². The molecule has 0 atom stereocenters. The third-order valence-electron chi connectivity index (χ3n) is 5.66. The molecule has 2 aliphatic heterocycles. The number of amides is 1. The molecule has 2 aromatic heterocycles. The number of carbonyl (C=O) groups is 2. The number of aromatic nitrogens is 2. The fourth-order valence-electron chi connectivity index (χ4n) is 4.09. The Kier molecular flexibility index (Phi) is 4.77. The van der Waals surface area contributed by atoms with Crippen LogP contribution >= 0.6 is 11.3 Å². The highest BCUT2D eigenvalue weighted by Gasteiger charge is 2.43. The molecule has 4 rings (SSSR count). The van der Waals surface area contributed by atoms with Crippen LogP contribution < -0.4 is 0 Å². The van der Waals surface area contributed by atoms with Gasteiger partial charge in [-0.15, -0.1) is 11.3 Å². The number of aryl methyl sites for hydroxylation is 2. The third kappa shape index (κ3) is 3.39. The van der Waals surface area contributed by atoms with E-state index in [-0.39, 0.29) is 5.91 Å². The smallest absolute Gasteiger partial charge is 0.345 e. The second-order valence-electron chi connectivity index (χ2n) is 7.17. The van der Waals surface area contributed by atoms with Crippen LogP contribution in [-0.4, -0.2) is 51.4 Å². The molecule has 0 radical (unpaired) electrons. The van der Waals surface area contributed by atoms with E-state index >= 15 is 0 Å². The first-order valence-electron chi connectivity index (χ1n) is 9.24. The summed E-state index contributed by atoms with van der Waals surface area (Å²) in [6, 6.07) is 3.72. The summed E-state index contributed by atoms with van der Waals surface area (Å²) < 4.78 is 7.95. The maximum Gasteiger partial charge on any atom is 0.345 e. The van der Waals surface area contributed by atoms with Gasteiger partial charge in [0, 0.05) is 49.7 Å².